The highest BCUT2D eigenvalue weighted by molar-refractivity contribution is 5.62. The number of hydrogen-bond donors (Lipinski definition) is 1. The molecular formula is C16H21N3. The molecule has 1 aromatic heterocycles. The molecule has 100 valence electrons. The summed E-state index contributed by atoms with van der Waals surface area (Å²) in [6.45, 7) is 5.28. The number of nitrogens with zero attached hydrogens (tertiary/aromatic N) is 2. The van der Waals surface area contributed by atoms with Crippen LogP contribution in [0.1, 0.15) is 32.3 Å². The minimum atomic E-state index is 0.896. The van der Waals surface area contributed by atoms with E-state index in [1.807, 2.05) is 6.07 Å². The molecule has 0 bridgehead atoms. The highest BCUT2D eigenvalue weighted by Gasteiger charge is 2.02. The molecule has 0 amide bonds. The fourth-order valence-corrected chi connectivity index (χ4v) is 2.04. The minimum absolute atomic E-state index is 0.896. The van der Waals surface area contributed by atoms with E-state index >= 15 is 0 Å². The number of anilines is 1. The van der Waals surface area contributed by atoms with E-state index in [0.717, 1.165) is 42.9 Å². The molecule has 0 unspecified atom stereocenters. The van der Waals surface area contributed by atoms with Gasteiger partial charge in [-0.15, -0.1) is 0 Å². The summed E-state index contributed by atoms with van der Waals surface area (Å²) in [6.07, 6.45) is 4.99. The van der Waals surface area contributed by atoms with Crippen molar-refractivity contribution >= 4 is 5.82 Å². The Balaban J connectivity index is 2.23. The van der Waals surface area contributed by atoms with Gasteiger partial charge in [-0.2, -0.15) is 0 Å². The standard InChI is InChI=1S/C16H21N3/c1-3-6-13-7-5-8-14(10-13)15-11-16(17-9-4-2)19-12-18-15/h5,7-8,10-12H,3-4,6,9H2,1-2H3,(H,17,18,19). The van der Waals surface area contributed by atoms with Gasteiger partial charge in [0.1, 0.15) is 12.1 Å². The first-order valence-electron chi connectivity index (χ1n) is 6.98. The molecule has 3 nitrogen and oxygen atoms in total. The Morgan fingerprint density at radius 3 is 2.74 bits per heavy atom. The number of rotatable bonds is 6. The van der Waals surface area contributed by atoms with Gasteiger partial charge in [-0.05, 0) is 24.5 Å². The molecule has 0 radical (unpaired) electrons. The van der Waals surface area contributed by atoms with E-state index in [2.05, 4.69) is 53.4 Å². The Labute approximate surface area is 115 Å². The second kappa shape index (κ2) is 6.88. The third-order valence-electron chi connectivity index (χ3n) is 2.98. The maximum atomic E-state index is 4.37. The molecule has 1 aromatic carbocycles. The third-order valence-corrected chi connectivity index (χ3v) is 2.98. The van der Waals surface area contributed by atoms with E-state index < -0.39 is 0 Å². The molecule has 0 aliphatic rings. The van der Waals surface area contributed by atoms with Crippen LogP contribution in [0.5, 0.6) is 0 Å². The molecule has 2 aromatic rings. The van der Waals surface area contributed by atoms with E-state index in [1.54, 1.807) is 6.33 Å². The second-order valence-electron chi connectivity index (χ2n) is 4.67. The lowest BCUT2D eigenvalue weighted by molar-refractivity contribution is 0.922. The maximum absolute atomic E-state index is 4.37. The van der Waals surface area contributed by atoms with Gasteiger partial charge in [0.25, 0.3) is 0 Å². The average Bonchev–Trinajstić information content (AvgIpc) is 2.46. The molecule has 0 atom stereocenters. The lowest BCUT2D eigenvalue weighted by Crippen LogP contribution is -2.02. The molecule has 0 aliphatic heterocycles. The summed E-state index contributed by atoms with van der Waals surface area (Å²) in [5.74, 6) is 0.896. The molecule has 1 heterocycles. The summed E-state index contributed by atoms with van der Waals surface area (Å²) in [7, 11) is 0. The SMILES string of the molecule is CCCNc1cc(-c2cccc(CCC)c2)ncn1. The zero-order valence-corrected chi connectivity index (χ0v) is 11.7. The monoisotopic (exact) mass is 255 g/mol. The minimum Gasteiger partial charge on any atom is -0.370 e. The second-order valence-corrected chi connectivity index (χ2v) is 4.67. The first-order valence-corrected chi connectivity index (χ1v) is 6.98. The Morgan fingerprint density at radius 2 is 1.95 bits per heavy atom. The van der Waals surface area contributed by atoms with Crippen LogP contribution >= 0.6 is 0 Å². The van der Waals surface area contributed by atoms with Gasteiger partial charge in [-0.25, -0.2) is 9.97 Å². The molecule has 3 heteroatoms. The molecule has 0 spiro atoms. The summed E-state index contributed by atoms with van der Waals surface area (Å²) in [5.41, 5.74) is 3.50. The van der Waals surface area contributed by atoms with Gasteiger partial charge in [-0.3, -0.25) is 0 Å². The molecule has 2 rings (SSSR count). The zero-order chi connectivity index (χ0) is 13.5. The molecule has 0 fully saturated rings. The summed E-state index contributed by atoms with van der Waals surface area (Å²) < 4.78 is 0. The number of aromatic nitrogens is 2. The van der Waals surface area contributed by atoms with Gasteiger partial charge in [0, 0.05) is 18.2 Å². The summed E-state index contributed by atoms with van der Waals surface area (Å²) in [5, 5.41) is 3.29. The van der Waals surface area contributed by atoms with Crippen LogP contribution in [0.4, 0.5) is 5.82 Å². The summed E-state index contributed by atoms with van der Waals surface area (Å²) in [6, 6.07) is 10.6. The quantitative estimate of drug-likeness (QED) is 0.850. The van der Waals surface area contributed by atoms with E-state index in [0.29, 0.717) is 0 Å². The van der Waals surface area contributed by atoms with Crippen molar-refractivity contribution in [2.45, 2.75) is 33.1 Å². The molecule has 1 N–H and O–H groups in total. The molecule has 0 aliphatic carbocycles. The maximum Gasteiger partial charge on any atom is 0.129 e. The van der Waals surface area contributed by atoms with Gasteiger partial charge >= 0.3 is 0 Å². The fraction of sp³-hybridized carbons (Fsp3) is 0.375. The van der Waals surface area contributed by atoms with E-state index in [-0.39, 0.29) is 0 Å². The molecule has 0 saturated heterocycles. The van der Waals surface area contributed by atoms with Crippen molar-refractivity contribution < 1.29 is 0 Å². The molecule has 0 saturated carbocycles. The van der Waals surface area contributed by atoms with Crippen LogP contribution in [0.3, 0.4) is 0 Å². The van der Waals surface area contributed by atoms with Gasteiger partial charge < -0.3 is 5.32 Å². The van der Waals surface area contributed by atoms with Crippen molar-refractivity contribution in [2.75, 3.05) is 11.9 Å². The summed E-state index contributed by atoms with van der Waals surface area (Å²) >= 11 is 0. The number of nitrogens with one attached hydrogen (secondary N) is 1. The number of aryl methyl sites for hydroxylation is 1. The van der Waals surface area contributed by atoms with Crippen LogP contribution in [0, 0.1) is 0 Å². The van der Waals surface area contributed by atoms with Crippen molar-refractivity contribution in [2.24, 2.45) is 0 Å². The lowest BCUT2D eigenvalue weighted by atomic mass is 10.0. The van der Waals surface area contributed by atoms with Gasteiger partial charge in [0.2, 0.25) is 0 Å². The Bertz CT molecular complexity index is 523. The predicted octanol–water partition coefficient (Wildman–Crippen LogP) is 3.92. The van der Waals surface area contributed by atoms with Crippen LogP contribution < -0.4 is 5.32 Å². The first-order chi connectivity index (χ1) is 9.33. The van der Waals surface area contributed by atoms with Crippen molar-refractivity contribution in [1.82, 2.24) is 9.97 Å². The highest BCUT2D eigenvalue weighted by Crippen LogP contribution is 2.20. The fourth-order valence-electron chi connectivity index (χ4n) is 2.04. The van der Waals surface area contributed by atoms with Crippen LogP contribution in [0.15, 0.2) is 36.7 Å². The zero-order valence-electron chi connectivity index (χ0n) is 11.7. The average molecular weight is 255 g/mol. The number of benzene rings is 1. The Kier molecular flexibility index (Phi) is 4.90. The van der Waals surface area contributed by atoms with Crippen molar-refractivity contribution in [3.05, 3.63) is 42.2 Å². The van der Waals surface area contributed by atoms with E-state index in [4.69, 9.17) is 0 Å². The van der Waals surface area contributed by atoms with E-state index in [1.165, 1.54) is 5.56 Å². The lowest BCUT2D eigenvalue weighted by Gasteiger charge is -2.07. The summed E-state index contributed by atoms with van der Waals surface area (Å²) in [4.78, 5) is 8.61. The largest absolute Gasteiger partial charge is 0.370 e. The number of hydrogen-bond acceptors (Lipinski definition) is 3. The third kappa shape index (κ3) is 3.78. The van der Waals surface area contributed by atoms with Crippen LogP contribution in [-0.2, 0) is 6.42 Å². The van der Waals surface area contributed by atoms with Crippen LogP contribution in [0.25, 0.3) is 11.3 Å². The van der Waals surface area contributed by atoms with Gasteiger partial charge in [-0.1, -0.05) is 38.5 Å². The predicted molar refractivity (Wildman–Crippen MR) is 80.2 cm³/mol. The van der Waals surface area contributed by atoms with Crippen LogP contribution in [0.2, 0.25) is 0 Å². The Hall–Kier alpha value is -1.90. The van der Waals surface area contributed by atoms with Crippen LogP contribution in [-0.4, -0.2) is 16.5 Å². The van der Waals surface area contributed by atoms with Crippen molar-refractivity contribution in [1.29, 1.82) is 0 Å². The highest BCUT2D eigenvalue weighted by atomic mass is 15.0. The van der Waals surface area contributed by atoms with Crippen molar-refractivity contribution in [3.63, 3.8) is 0 Å². The topological polar surface area (TPSA) is 37.8 Å². The smallest absolute Gasteiger partial charge is 0.129 e. The molecule has 19 heavy (non-hydrogen) atoms. The molecular weight excluding hydrogens is 234 g/mol. The van der Waals surface area contributed by atoms with Gasteiger partial charge in [0.05, 0.1) is 5.69 Å². The normalized spacial score (nSPS) is 10.4. The Morgan fingerprint density at radius 1 is 1.05 bits per heavy atom. The van der Waals surface area contributed by atoms with Gasteiger partial charge in [0.15, 0.2) is 0 Å². The first kappa shape index (κ1) is 13.5. The van der Waals surface area contributed by atoms with E-state index in [9.17, 15) is 0 Å². The van der Waals surface area contributed by atoms with Crippen molar-refractivity contribution in [3.8, 4) is 11.3 Å².